The van der Waals surface area contributed by atoms with Crippen LogP contribution in [-0.2, 0) is 17.9 Å². The smallest absolute Gasteiger partial charge is 0.258 e. The Balaban J connectivity index is 1.74. The molecule has 1 saturated heterocycles. The number of nitrogens with zero attached hydrogens (tertiary/aromatic N) is 3. The number of ether oxygens (including phenoxy) is 1. The van der Waals surface area contributed by atoms with E-state index in [4.69, 9.17) is 16.3 Å². The number of methoxy groups -OCH3 is 1. The van der Waals surface area contributed by atoms with Crippen molar-refractivity contribution in [2.24, 2.45) is 0 Å². The summed E-state index contributed by atoms with van der Waals surface area (Å²) in [5, 5.41) is 0.462. The number of carbonyl (C=O) groups excluding carboxylic acids is 2. The first-order valence-corrected chi connectivity index (χ1v) is 11.4. The number of amides is 2. The highest BCUT2D eigenvalue weighted by molar-refractivity contribution is 6.31. The number of halogens is 1. The molecule has 3 rings (SSSR count). The molecule has 2 aromatic carbocycles. The summed E-state index contributed by atoms with van der Waals surface area (Å²) in [5.74, 6) is 0.226. The molecule has 1 aliphatic heterocycles. The van der Waals surface area contributed by atoms with Crippen LogP contribution in [0.15, 0.2) is 42.5 Å². The summed E-state index contributed by atoms with van der Waals surface area (Å²) < 4.78 is 5.35. The lowest BCUT2D eigenvalue weighted by atomic mass is 10.1. The van der Waals surface area contributed by atoms with E-state index in [1.807, 2.05) is 25.9 Å². The summed E-state index contributed by atoms with van der Waals surface area (Å²) in [5.41, 5.74) is 2.70. The number of rotatable bonds is 8. The Morgan fingerprint density at radius 3 is 2.34 bits per heavy atom. The molecule has 0 radical (unpaired) electrons. The fraction of sp³-hybridized carbons (Fsp3) is 0.440. The molecule has 2 amide bonds. The molecule has 1 unspecified atom stereocenters. The van der Waals surface area contributed by atoms with Crippen LogP contribution in [0, 0.1) is 0 Å². The highest BCUT2D eigenvalue weighted by Crippen LogP contribution is 2.28. The van der Waals surface area contributed by atoms with E-state index in [0.29, 0.717) is 42.4 Å². The third-order valence-electron chi connectivity index (χ3n) is 5.78. The van der Waals surface area contributed by atoms with Gasteiger partial charge < -0.3 is 19.4 Å². The van der Waals surface area contributed by atoms with Crippen LogP contribution in [0.2, 0.25) is 5.02 Å². The van der Waals surface area contributed by atoms with Gasteiger partial charge in [-0.3, -0.25) is 9.59 Å². The molecule has 0 aromatic heterocycles. The Kier molecular flexibility index (Phi) is 8.15. The van der Waals surface area contributed by atoms with Crippen LogP contribution in [0.5, 0.6) is 5.75 Å². The van der Waals surface area contributed by atoms with E-state index < -0.39 is 6.04 Å². The zero-order chi connectivity index (χ0) is 23.3. The third kappa shape index (κ3) is 5.61. The van der Waals surface area contributed by atoms with E-state index in [0.717, 1.165) is 18.5 Å². The molecule has 32 heavy (non-hydrogen) atoms. The van der Waals surface area contributed by atoms with E-state index >= 15 is 0 Å². The largest absolute Gasteiger partial charge is 0.496 e. The molecule has 7 heteroatoms. The van der Waals surface area contributed by atoms with Gasteiger partial charge in [-0.15, -0.1) is 0 Å². The summed E-state index contributed by atoms with van der Waals surface area (Å²) in [6.07, 6.45) is 1.45. The maximum Gasteiger partial charge on any atom is 0.258 e. The lowest BCUT2D eigenvalue weighted by Crippen LogP contribution is -2.47. The van der Waals surface area contributed by atoms with Crippen LogP contribution < -0.4 is 4.74 Å². The SMILES string of the molecule is CCN(Cc1ccc(CN(C)C)cc1)C(=O)C1CCCN1C(=O)c1cc(Cl)ccc1OC. The van der Waals surface area contributed by atoms with Crippen molar-refractivity contribution in [3.63, 3.8) is 0 Å². The molecule has 0 saturated carbocycles. The summed E-state index contributed by atoms with van der Waals surface area (Å²) >= 11 is 6.12. The molecule has 0 N–H and O–H groups in total. The van der Waals surface area contributed by atoms with Gasteiger partial charge in [-0.05, 0) is 63.2 Å². The third-order valence-corrected chi connectivity index (χ3v) is 6.01. The van der Waals surface area contributed by atoms with E-state index in [9.17, 15) is 9.59 Å². The first-order valence-electron chi connectivity index (χ1n) is 11.0. The Morgan fingerprint density at radius 2 is 1.75 bits per heavy atom. The van der Waals surface area contributed by atoms with Gasteiger partial charge in [-0.1, -0.05) is 35.9 Å². The molecule has 0 spiro atoms. The molecule has 1 aliphatic rings. The number of carbonyl (C=O) groups is 2. The predicted octanol–water partition coefficient (Wildman–Crippen LogP) is 4.06. The molecule has 2 aromatic rings. The van der Waals surface area contributed by atoms with Gasteiger partial charge in [0.1, 0.15) is 11.8 Å². The highest BCUT2D eigenvalue weighted by atomic mass is 35.5. The van der Waals surface area contributed by atoms with Crippen LogP contribution in [0.3, 0.4) is 0 Å². The van der Waals surface area contributed by atoms with Crippen LogP contribution in [0.4, 0.5) is 0 Å². The molecule has 1 fully saturated rings. The number of likely N-dealkylation sites (tertiary alicyclic amines) is 1. The van der Waals surface area contributed by atoms with Gasteiger partial charge >= 0.3 is 0 Å². The van der Waals surface area contributed by atoms with Crippen LogP contribution in [-0.4, -0.2) is 66.9 Å². The average Bonchev–Trinajstić information content (AvgIpc) is 3.27. The molecule has 172 valence electrons. The monoisotopic (exact) mass is 457 g/mol. The molecular weight excluding hydrogens is 426 g/mol. The van der Waals surface area contributed by atoms with E-state index in [-0.39, 0.29) is 11.8 Å². The van der Waals surface area contributed by atoms with Gasteiger partial charge in [0.25, 0.3) is 5.91 Å². The maximum absolute atomic E-state index is 13.4. The van der Waals surface area contributed by atoms with Crippen LogP contribution in [0.25, 0.3) is 0 Å². The van der Waals surface area contributed by atoms with Crippen molar-refractivity contribution in [2.45, 2.75) is 38.9 Å². The van der Waals surface area contributed by atoms with Gasteiger partial charge in [-0.2, -0.15) is 0 Å². The van der Waals surface area contributed by atoms with Crippen LogP contribution >= 0.6 is 11.6 Å². The molecule has 6 nitrogen and oxygen atoms in total. The number of likely N-dealkylation sites (N-methyl/N-ethyl adjacent to an activating group) is 1. The maximum atomic E-state index is 13.4. The van der Waals surface area contributed by atoms with Crippen molar-refractivity contribution in [1.82, 2.24) is 14.7 Å². The van der Waals surface area contributed by atoms with E-state index in [1.54, 1.807) is 23.1 Å². The zero-order valence-electron chi connectivity index (χ0n) is 19.3. The van der Waals surface area contributed by atoms with Gasteiger partial charge in [0, 0.05) is 31.2 Å². The first-order chi connectivity index (χ1) is 15.3. The first kappa shape index (κ1) is 24.1. The van der Waals surface area contributed by atoms with Crippen molar-refractivity contribution < 1.29 is 14.3 Å². The molecule has 0 bridgehead atoms. The minimum atomic E-state index is -0.473. The minimum absolute atomic E-state index is 0.0169. The summed E-state index contributed by atoms with van der Waals surface area (Å²) in [6, 6.07) is 12.9. The number of hydrogen-bond donors (Lipinski definition) is 0. The second kappa shape index (κ2) is 10.8. The van der Waals surface area contributed by atoms with E-state index in [1.165, 1.54) is 12.7 Å². The Bertz CT molecular complexity index is 946. The Hall–Kier alpha value is -2.57. The lowest BCUT2D eigenvalue weighted by molar-refractivity contribution is -0.135. The van der Waals surface area contributed by atoms with Crippen molar-refractivity contribution in [3.05, 3.63) is 64.2 Å². The Labute approximate surface area is 195 Å². The minimum Gasteiger partial charge on any atom is -0.496 e. The topological polar surface area (TPSA) is 53.1 Å². The molecular formula is C25H32ClN3O3. The van der Waals surface area contributed by atoms with Crippen LogP contribution in [0.1, 0.15) is 41.3 Å². The second-order valence-corrected chi connectivity index (χ2v) is 8.84. The van der Waals surface area contributed by atoms with Crippen molar-refractivity contribution in [3.8, 4) is 5.75 Å². The molecule has 1 atom stereocenters. The summed E-state index contributed by atoms with van der Waals surface area (Å²) in [4.78, 5) is 32.3. The zero-order valence-corrected chi connectivity index (χ0v) is 20.1. The van der Waals surface area contributed by atoms with Gasteiger partial charge in [-0.25, -0.2) is 0 Å². The fourth-order valence-corrected chi connectivity index (χ4v) is 4.33. The van der Waals surface area contributed by atoms with Crippen molar-refractivity contribution >= 4 is 23.4 Å². The predicted molar refractivity (Wildman–Crippen MR) is 127 cm³/mol. The second-order valence-electron chi connectivity index (χ2n) is 8.41. The quantitative estimate of drug-likeness (QED) is 0.599. The van der Waals surface area contributed by atoms with Gasteiger partial charge in [0.05, 0.1) is 12.7 Å². The van der Waals surface area contributed by atoms with Crippen molar-refractivity contribution in [2.75, 3.05) is 34.3 Å². The summed E-state index contributed by atoms with van der Waals surface area (Å²) in [7, 11) is 5.60. The molecule has 0 aliphatic carbocycles. The lowest BCUT2D eigenvalue weighted by Gasteiger charge is -2.30. The van der Waals surface area contributed by atoms with Crippen molar-refractivity contribution in [1.29, 1.82) is 0 Å². The normalized spacial score (nSPS) is 15.8. The standard InChI is InChI=1S/C25H32ClN3O3/c1-5-28(17-19-10-8-18(9-11-19)16-27(2)3)25(31)22-7-6-14-29(22)24(30)21-15-20(26)12-13-23(21)32-4/h8-13,15,22H,5-7,14,16-17H2,1-4H3. The number of hydrogen-bond acceptors (Lipinski definition) is 4. The number of benzene rings is 2. The summed E-state index contributed by atoms with van der Waals surface area (Å²) in [6.45, 7) is 4.50. The van der Waals surface area contributed by atoms with Gasteiger partial charge in [0.2, 0.25) is 5.91 Å². The average molecular weight is 458 g/mol. The van der Waals surface area contributed by atoms with E-state index in [2.05, 4.69) is 29.2 Å². The Morgan fingerprint density at radius 1 is 1.09 bits per heavy atom. The fourth-order valence-electron chi connectivity index (χ4n) is 4.16. The molecule has 1 heterocycles. The highest BCUT2D eigenvalue weighted by Gasteiger charge is 2.37. The van der Waals surface area contributed by atoms with Gasteiger partial charge in [0.15, 0.2) is 0 Å².